The smallest absolute Gasteiger partial charge is 0.338 e. The fraction of sp³-hybridized carbons (Fsp3) is 0.132. The Hall–Kier alpha value is -8.16. The highest BCUT2D eigenvalue weighted by Gasteiger charge is 2.44. The molecule has 7 nitrogen and oxygen atoms in total. The quantitative estimate of drug-likeness (QED) is 0.0427. The molecule has 0 aliphatic carbocycles. The van der Waals surface area contributed by atoms with Gasteiger partial charge in [-0.2, -0.15) is 0 Å². The molecule has 0 amide bonds. The van der Waals surface area contributed by atoms with Gasteiger partial charge in [-0.25, -0.2) is 9.59 Å². The van der Waals surface area contributed by atoms with Gasteiger partial charge in [-0.1, -0.05) is 208 Å². The van der Waals surface area contributed by atoms with Crippen LogP contribution in [-0.2, 0) is 35.9 Å². The number of rotatable bonds is 20. The average molecular weight is 1100 g/mol. The number of hydrogen-bond acceptors (Lipinski definition) is 7. The van der Waals surface area contributed by atoms with Crippen LogP contribution in [0.15, 0.2) is 255 Å². The Morgan fingerprint density at radius 1 is 0.416 bits per heavy atom. The van der Waals surface area contributed by atoms with Crippen LogP contribution in [0.4, 0.5) is 0 Å². The second kappa shape index (κ2) is 31.7. The van der Waals surface area contributed by atoms with Gasteiger partial charge in [-0.3, -0.25) is 4.79 Å². The molecule has 0 aliphatic heterocycles. The summed E-state index contributed by atoms with van der Waals surface area (Å²) in [5.74, 6) is 0.205. The molecular formula is C68H64BrO7P. The van der Waals surface area contributed by atoms with Crippen molar-refractivity contribution in [1.29, 1.82) is 0 Å². The molecule has 0 atom stereocenters. The van der Waals surface area contributed by atoms with E-state index in [0.717, 1.165) is 34.2 Å². The summed E-state index contributed by atoms with van der Waals surface area (Å²) in [6, 6.07) is 82.0. The van der Waals surface area contributed by atoms with Crippen LogP contribution in [0.5, 0.6) is 11.5 Å². The van der Waals surface area contributed by atoms with E-state index in [-0.39, 0.29) is 36.2 Å². The van der Waals surface area contributed by atoms with Crippen LogP contribution in [-0.4, -0.2) is 24.4 Å². The third-order valence-electron chi connectivity index (χ3n) is 12.2. The Balaban J connectivity index is 0.000000187. The fourth-order valence-electron chi connectivity index (χ4n) is 8.35. The predicted octanol–water partition coefficient (Wildman–Crippen LogP) is 11.9. The summed E-state index contributed by atoms with van der Waals surface area (Å²) in [6.07, 6.45) is 8.12. The zero-order valence-electron chi connectivity index (χ0n) is 43.5. The van der Waals surface area contributed by atoms with E-state index in [2.05, 4.69) is 111 Å². The number of carbonyl (C=O) groups is 3. The first-order chi connectivity index (χ1) is 37.4. The van der Waals surface area contributed by atoms with E-state index in [4.69, 9.17) is 18.9 Å². The normalized spacial score (nSPS) is 10.6. The van der Waals surface area contributed by atoms with Gasteiger partial charge in [0.15, 0.2) is 6.29 Å². The highest BCUT2D eigenvalue weighted by molar-refractivity contribution is 7.95. The number of hydrogen-bond donors (Lipinski definition) is 0. The van der Waals surface area contributed by atoms with Crippen molar-refractivity contribution in [3.8, 4) is 11.5 Å². The molecule has 0 unspecified atom stereocenters. The zero-order valence-corrected chi connectivity index (χ0v) is 46.0. The van der Waals surface area contributed by atoms with Gasteiger partial charge in [0.25, 0.3) is 0 Å². The predicted molar refractivity (Wildman–Crippen MR) is 311 cm³/mol. The highest BCUT2D eigenvalue weighted by Crippen LogP contribution is 2.55. The van der Waals surface area contributed by atoms with Crippen molar-refractivity contribution in [2.45, 2.75) is 53.1 Å². The lowest BCUT2D eigenvalue weighted by Crippen LogP contribution is -3.00. The number of carbonyl (C=O) groups excluding carboxylic acids is 3. The van der Waals surface area contributed by atoms with Crippen molar-refractivity contribution < 1.29 is 50.3 Å². The van der Waals surface area contributed by atoms with E-state index in [9.17, 15) is 14.4 Å². The molecule has 0 aliphatic rings. The third kappa shape index (κ3) is 17.4. The van der Waals surface area contributed by atoms with Crippen LogP contribution >= 0.6 is 7.26 Å². The lowest BCUT2D eigenvalue weighted by Gasteiger charge is -2.27. The van der Waals surface area contributed by atoms with Gasteiger partial charge in [0, 0.05) is 5.56 Å². The van der Waals surface area contributed by atoms with Crippen molar-refractivity contribution in [2.75, 3.05) is 6.16 Å². The molecule has 0 N–H and O–H groups in total. The summed E-state index contributed by atoms with van der Waals surface area (Å²) in [7, 11) is -1.55. The minimum absolute atomic E-state index is 0. The summed E-state index contributed by atoms with van der Waals surface area (Å²) < 4.78 is 22.5. The Morgan fingerprint density at radius 2 is 0.740 bits per heavy atom. The van der Waals surface area contributed by atoms with Crippen LogP contribution < -0.4 is 42.4 Å². The molecule has 0 saturated heterocycles. The Kier molecular flexibility index (Phi) is 23.9. The van der Waals surface area contributed by atoms with E-state index in [1.165, 1.54) is 28.5 Å². The number of benzene rings is 9. The molecule has 0 bridgehead atoms. The van der Waals surface area contributed by atoms with Gasteiger partial charge in [0.2, 0.25) is 0 Å². The molecule has 0 saturated carbocycles. The molecule has 77 heavy (non-hydrogen) atoms. The van der Waals surface area contributed by atoms with Crippen LogP contribution in [0.3, 0.4) is 0 Å². The van der Waals surface area contributed by atoms with Crippen LogP contribution in [0.1, 0.15) is 85.6 Å². The standard InChI is InChI=1S/C25H24O3.C22H18O4.C21H22P.BrH/c1-2-3-14-22-15-16-23(25(26)28-19-21-12-8-5-9-13-21)17-24(22)27-18-20-10-6-4-7-11-20;23-14-20-12-11-19(22(24)26-16-18-9-5-2-6-10-18)13-21(20)25-15-17-7-3-1-4-8-17;1-2-18-22(19-12-6-3-7-13-19,20-14-8-4-9-15-20)21-16-10-5-11-17-21;/h3-17H,2,18-19H2,1H3;1-14H,15-16H2;3-17H,2,18H2,1H3;1H/q;;+1;/p-1. The van der Waals surface area contributed by atoms with E-state index >= 15 is 0 Å². The molecule has 9 heteroatoms. The third-order valence-corrected chi connectivity index (χ3v) is 16.9. The van der Waals surface area contributed by atoms with Gasteiger partial charge in [-0.15, -0.1) is 0 Å². The lowest BCUT2D eigenvalue weighted by molar-refractivity contribution is -0.0000563. The van der Waals surface area contributed by atoms with Gasteiger partial charge in [-0.05, 0) is 102 Å². The van der Waals surface area contributed by atoms with E-state index < -0.39 is 13.2 Å². The van der Waals surface area contributed by atoms with Crippen LogP contribution in [0.25, 0.3) is 6.08 Å². The second-order valence-corrected chi connectivity index (χ2v) is 21.3. The Labute approximate surface area is 465 Å². The maximum Gasteiger partial charge on any atom is 0.338 e. The van der Waals surface area contributed by atoms with Crippen molar-refractivity contribution in [1.82, 2.24) is 0 Å². The largest absolute Gasteiger partial charge is 1.00 e. The number of allylic oxidation sites excluding steroid dienone is 1. The lowest BCUT2D eigenvalue weighted by atomic mass is 10.1. The summed E-state index contributed by atoms with van der Waals surface area (Å²) in [5, 5.41) is 4.44. The molecule has 0 aromatic heterocycles. The molecule has 9 aromatic rings. The van der Waals surface area contributed by atoms with Crippen molar-refractivity contribution >= 4 is 47.5 Å². The fourth-order valence-corrected chi connectivity index (χ4v) is 12.7. The van der Waals surface area contributed by atoms with E-state index in [0.29, 0.717) is 47.7 Å². The minimum atomic E-state index is -1.55. The van der Waals surface area contributed by atoms with Crippen LogP contribution in [0.2, 0.25) is 0 Å². The Bertz CT molecular complexity index is 3080. The average Bonchev–Trinajstić information content (AvgIpc) is 3.50. The summed E-state index contributed by atoms with van der Waals surface area (Å²) in [6.45, 7) is 5.56. The highest BCUT2D eigenvalue weighted by atomic mass is 79.9. The van der Waals surface area contributed by atoms with Crippen molar-refractivity contribution in [3.63, 3.8) is 0 Å². The van der Waals surface area contributed by atoms with Crippen LogP contribution in [0, 0.1) is 0 Å². The molecular weight excluding hydrogens is 1040 g/mol. The summed E-state index contributed by atoms with van der Waals surface area (Å²) in [5.41, 5.74) is 6.07. The number of halogens is 1. The molecule has 9 aromatic carbocycles. The first-order valence-corrected chi connectivity index (χ1v) is 27.6. The van der Waals surface area contributed by atoms with Gasteiger partial charge >= 0.3 is 11.9 Å². The number of aldehydes is 1. The molecule has 0 fully saturated rings. The maximum atomic E-state index is 12.5. The zero-order chi connectivity index (χ0) is 53.1. The molecule has 0 radical (unpaired) electrons. The maximum absolute atomic E-state index is 12.5. The minimum Gasteiger partial charge on any atom is -1.00 e. The number of ether oxygens (including phenoxy) is 4. The van der Waals surface area contributed by atoms with E-state index in [1.54, 1.807) is 30.3 Å². The molecule has 390 valence electrons. The van der Waals surface area contributed by atoms with E-state index in [1.807, 2.05) is 133 Å². The SMILES string of the molecule is CCC=Cc1ccc(C(=O)OCc2ccccc2)cc1OCc1ccccc1.CCC[P+](c1ccccc1)(c1ccccc1)c1ccccc1.O=Cc1ccc(C(=O)OCc2ccccc2)cc1OCc1ccccc1.[Br-]. The van der Waals surface area contributed by atoms with Gasteiger partial charge in [0.05, 0.1) is 22.9 Å². The first kappa shape index (κ1) is 58.1. The first-order valence-electron chi connectivity index (χ1n) is 25.6. The monoisotopic (exact) mass is 1100 g/mol. The summed E-state index contributed by atoms with van der Waals surface area (Å²) >= 11 is 0. The number of esters is 2. The molecule has 0 spiro atoms. The van der Waals surface area contributed by atoms with Gasteiger partial charge < -0.3 is 35.9 Å². The topological polar surface area (TPSA) is 88.1 Å². The molecule has 0 heterocycles. The second-order valence-electron chi connectivity index (χ2n) is 17.6. The Morgan fingerprint density at radius 3 is 1.08 bits per heavy atom. The molecule has 9 rings (SSSR count). The summed E-state index contributed by atoms with van der Waals surface area (Å²) in [4.78, 5) is 36.0. The van der Waals surface area contributed by atoms with Crippen molar-refractivity contribution in [2.24, 2.45) is 0 Å². The van der Waals surface area contributed by atoms with Crippen molar-refractivity contribution in [3.05, 3.63) is 299 Å². The van der Waals surface area contributed by atoms with Gasteiger partial charge in [0.1, 0.15) is 61.1 Å².